The second kappa shape index (κ2) is 5.31. The minimum atomic E-state index is -0.966. The van der Waals surface area contributed by atoms with Crippen molar-refractivity contribution in [2.75, 3.05) is 0 Å². The largest absolute Gasteiger partial charge is 0.393 e. The van der Waals surface area contributed by atoms with E-state index in [-0.39, 0.29) is 16.9 Å². The van der Waals surface area contributed by atoms with E-state index in [1.54, 1.807) is 6.92 Å². The highest BCUT2D eigenvalue weighted by Gasteiger charge is 2.64. The molecule has 136 valence electrons. The van der Waals surface area contributed by atoms with Crippen LogP contribution in [0.25, 0.3) is 0 Å². The molecule has 3 nitrogen and oxygen atoms in total. The molecule has 3 heteroatoms. The lowest BCUT2D eigenvalue weighted by atomic mass is 9.47. The van der Waals surface area contributed by atoms with Gasteiger partial charge in [-0.15, -0.1) is 0 Å². The number of hydrogen-bond donors (Lipinski definition) is 3. The van der Waals surface area contributed by atoms with Crippen LogP contribution in [0, 0.1) is 28.6 Å². The van der Waals surface area contributed by atoms with E-state index < -0.39 is 11.7 Å². The number of aliphatic hydroxyl groups is 3. The molecule has 0 aromatic carbocycles. The van der Waals surface area contributed by atoms with Crippen molar-refractivity contribution >= 4 is 0 Å². The number of fused-ring (bicyclic) bond motifs is 5. The van der Waals surface area contributed by atoms with Gasteiger partial charge in [-0.25, -0.2) is 0 Å². The standard InChI is InChI=1S/C21H34O3/c1-13(22)21(24)12-10-16-15-8-7-14-5-4-6-18(23)20(14,3)17(15)9-11-19(16,21)2/h8,13-14,16-18,22-24H,4-7,9-12H2,1-3H3/t13?,14?,16-,17-,18?,19-,20-,21-/m0/s1. The van der Waals surface area contributed by atoms with Gasteiger partial charge in [-0.05, 0) is 69.6 Å². The zero-order chi connectivity index (χ0) is 17.3. The molecule has 8 atom stereocenters. The Labute approximate surface area is 146 Å². The number of hydrogen-bond acceptors (Lipinski definition) is 3. The van der Waals surface area contributed by atoms with E-state index in [1.807, 2.05) is 0 Å². The van der Waals surface area contributed by atoms with Crippen molar-refractivity contribution in [1.82, 2.24) is 0 Å². The molecule has 0 radical (unpaired) electrons. The Kier molecular flexibility index (Phi) is 3.77. The maximum absolute atomic E-state index is 11.2. The summed E-state index contributed by atoms with van der Waals surface area (Å²) in [6, 6.07) is 0. The molecule has 3 unspecified atom stereocenters. The second-order valence-corrected chi connectivity index (χ2v) is 9.65. The molecular formula is C21H34O3. The molecule has 0 amide bonds. The Bertz CT molecular complexity index is 555. The lowest BCUT2D eigenvalue weighted by Crippen LogP contribution is -2.58. The summed E-state index contributed by atoms with van der Waals surface area (Å²) in [5.74, 6) is 1.43. The fourth-order valence-corrected chi connectivity index (χ4v) is 7.31. The summed E-state index contributed by atoms with van der Waals surface area (Å²) < 4.78 is 0. The average molecular weight is 335 g/mol. The molecule has 0 aromatic rings. The maximum atomic E-state index is 11.2. The van der Waals surface area contributed by atoms with Gasteiger partial charge >= 0.3 is 0 Å². The third-order valence-electron chi connectivity index (χ3n) is 9.04. The fourth-order valence-electron chi connectivity index (χ4n) is 7.31. The topological polar surface area (TPSA) is 60.7 Å². The van der Waals surface area contributed by atoms with E-state index in [0.717, 1.165) is 38.5 Å². The summed E-state index contributed by atoms with van der Waals surface area (Å²) in [5.41, 5.74) is 0.313. The third-order valence-corrected chi connectivity index (χ3v) is 9.04. The Hall–Kier alpha value is -0.380. The molecule has 0 spiro atoms. The first-order valence-electron chi connectivity index (χ1n) is 10.0. The first kappa shape index (κ1) is 17.1. The molecule has 0 saturated heterocycles. The second-order valence-electron chi connectivity index (χ2n) is 9.65. The van der Waals surface area contributed by atoms with Crippen LogP contribution in [0.3, 0.4) is 0 Å². The zero-order valence-electron chi connectivity index (χ0n) is 15.5. The van der Waals surface area contributed by atoms with Crippen LogP contribution in [0.2, 0.25) is 0 Å². The van der Waals surface area contributed by atoms with Crippen molar-refractivity contribution in [3.63, 3.8) is 0 Å². The minimum absolute atomic E-state index is 0.00913. The Morgan fingerprint density at radius 2 is 1.79 bits per heavy atom. The van der Waals surface area contributed by atoms with Gasteiger partial charge < -0.3 is 15.3 Å². The molecule has 3 fully saturated rings. The van der Waals surface area contributed by atoms with E-state index in [1.165, 1.54) is 12.0 Å². The predicted molar refractivity (Wildman–Crippen MR) is 94.3 cm³/mol. The molecule has 4 aliphatic rings. The van der Waals surface area contributed by atoms with Crippen LogP contribution < -0.4 is 0 Å². The average Bonchev–Trinajstić information content (AvgIpc) is 2.82. The first-order chi connectivity index (χ1) is 11.2. The normalized spacial score (nSPS) is 55.2. The van der Waals surface area contributed by atoms with Crippen LogP contribution in [0.15, 0.2) is 11.6 Å². The summed E-state index contributed by atoms with van der Waals surface area (Å²) in [6.45, 7) is 6.27. The van der Waals surface area contributed by atoms with Crippen molar-refractivity contribution in [1.29, 1.82) is 0 Å². The predicted octanol–water partition coefficient (Wildman–Crippen LogP) is 3.42. The molecule has 3 saturated carbocycles. The monoisotopic (exact) mass is 334 g/mol. The van der Waals surface area contributed by atoms with Gasteiger partial charge in [-0.2, -0.15) is 0 Å². The van der Waals surface area contributed by atoms with E-state index in [2.05, 4.69) is 19.9 Å². The highest BCUT2D eigenvalue weighted by Crippen LogP contribution is 2.67. The van der Waals surface area contributed by atoms with E-state index in [0.29, 0.717) is 24.2 Å². The lowest BCUT2D eigenvalue weighted by Gasteiger charge is -2.59. The molecule has 4 rings (SSSR count). The summed E-state index contributed by atoms with van der Waals surface area (Å²) in [4.78, 5) is 0. The van der Waals surface area contributed by atoms with E-state index >= 15 is 0 Å². The number of aliphatic hydroxyl groups excluding tert-OH is 2. The lowest BCUT2D eigenvalue weighted by molar-refractivity contribution is -0.157. The zero-order valence-corrected chi connectivity index (χ0v) is 15.5. The van der Waals surface area contributed by atoms with E-state index in [9.17, 15) is 15.3 Å². The molecule has 0 bridgehead atoms. The van der Waals surface area contributed by atoms with Crippen LogP contribution in [0.4, 0.5) is 0 Å². The van der Waals surface area contributed by atoms with Crippen molar-refractivity contribution in [2.24, 2.45) is 28.6 Å². The number of rotatable bonds is 1. The molecular weight excluding hydrogens is 300 g/mol. The molecule has 3 N–H and O–H groups in total. The van der Waals surface area contributed by atoms with Crippen molar-refractivity contribution in [2.45, 2.75) is 89.9 Å². The van der Waals surface area contributed by atoms with Gasteiger partial charge in [-0.1, -0.05) is 31.9 Å². The summed E-state index contributed by atoms with van der Waals surface area (Å²) in [5, 5.41) is 32.4. The van der Waals surface area contributed by atoms with Crippen LogP contribution in [0.5, 0.6) is 0 Å². The summed E-state index contributed by atoms with van der Waals surface area (Å²) in [6.07, 6.45) is 9.67. The highest BCUT2D eigenvalue weighted by molar-refractivity contribution is 5.30. The SMILES string of the molecule is CC(O)[C@@]1(O)CC[C@H]2C3=CCC4CCCC(O)[C@]4(C)[C@H]3CC[C@@]21C. The van der Waals surface area contributed by atoms with Crippen molar-refractivity contribution in [3.8, 4) is 0 Å². The smallest absolute Gasteiger partial charge is 0.0961 e. The van der Waals surface area contributed by atoms with Gasteiger partial charge in [-0.3, -0.25) is 0 Å². The van der Waals surface area contributed by atoms with E-state index in [4.69, 9.17) is 0 Å². The summed E-state index contributed by atoms with van der Waals surface area (Å²) >= 11 is 0. The minimum Gasteiger partial charge on any atom is -0.393 e. The van der Waals surface area contributed by atoms with Gasteiger partial charge in [0.1, 0.15) is 0 Å². The first-order valence-corrected chi connectivity index (χ1v) is 10.0. The quantitative estimate of drug-likeness (QED) is 0.644. The molecule has 0 aliphatic heterocycles. The Morgan fingerprint density at radius 3 is 2.50 bits per heavy atom. The van der Waals surface area contributed by atoms with Crippen LogP contribution in [-0.2, 0) is 0 Å². The van der Waals surface area contributed by atoms with Gasteiger partial charge in [0.05, 0.1) is 17.8 Å². The number of allylic oxidation sites excluding steroid dienone is 2. The van der Waals surface area contributed by atoms with Crippen LogP contribution in [0.1, 0.15) is 72.1 Å². The molecule has 24 heavy (non-hydrogen) atoms. The molecule has 4 aliphatic carbocycles. The van der Waals surface area contributed by atoms with Gasteiger partial charge in [0.15, 0.2) is 0 Å². The van der Waals surface area contributed by atoms with Gasteiger partial charge in [0.2, 0.25) is 0 Å². The summed E-state index contributed by atoms with van der Waals surface area (Å²) in [7, 11) is 0. The van der Waals surface area contributed by atoms with Crippen molar-refractivity contribution < 1.29 is 15.3 Å². The van der Waals surface area contributed by atoms with Gasteiger partial charge in [0, 0.05) is 10.8 Å². The Morgan fingerprint density at radius 1 is 1.08 bits per heavy atom. The Balaban J connectivity index is 1.73. The molecule has 0 heterocycles. The highest BCUT2D eigenvalue weighted by atomic mass is 16.3. The maximum Gasteiger partial charge on any atom is 0.0961 e. The fraction of sp³-hybridized carbons (Fsp3) is 0.905. The van der Waals surface area contributed by atoms with Crippen LogP contribution >= 0.6 is 0 Å². The third kappa shape index (κ3) is 1.90. The van der Waals surface area contributed by atoms with Gasteiger partial charge in [0.25, 0.3) is 0 Å². The molecule has 0 aromatic heterocycles. The van der Waals surface area contributed by atoms with Crippen LogP contribution in [-0.4, -0.2) is 33.1 Å². The van der Waals surface area contributed by atoms with Crippen molar-refractivity contribution in [3.05, 3.63) is 11.6 Å².